The van der Waals surface area contributed by atoms with E-state index >= 15 is 0 Å². The van der Waals surface area contributed by atoms with Crippen LogP contribution < -0.4 is 16.0 Å². The SMILES string of the molecule is N[C@]1(CNC(=O)c2ccccc2F)CCN(c2ncnc3[nH]cc(Cl)c23)C1. The first-order valence-electron chi connectivity index (χ1n) is 8.51. The number of benzene rings is 1. The molecule has 1 aliphatic rings. The lowest BCUT2D eigenvalue weighted by atomic mass is 10.00. The average Bonchev–Trinajstić information content (AvgIpc) is 3.24. The maximum Gasteiger partial charge on any atom is 0.254 e. The van der Waals surface area contributed by atoms with Crippen molar-refractivity contribution >= 4 is 34.4 Å². The van der Waals surface area contributed by atoms with Gasteiger partial charge in [0.25, 0.3) is 5.91 Å². The van der Waals surface area contributed by atoms with E-state index in [0.717, 1.165) is 5.39 Å². The standard InChI is InChI=1S/C18H18ClFN6O/c19-12-7-22-15-14(12)16(25-10-24-15)26-6-5-18(21,9-26)8-23-17(27)11-3-1-2-4-13(11)20/h1-4,7,10H,5-6,8-9,21H2,(H,23,27)(H,22,24,25)/t18-/m0/s1. The fourth-order valence-electron chi connectivity index (χ4n) is 3.37. The Morgan fingerprint density at radius 2 is 2.22 bits per heavy atom. The highest BCUT2D eigenvalue weighted by molar-refractivity contribution is 6.36. The van der Waals surface area contributed by atoms with Crippen LogP contribution in [0.4, 0.5) is 10.2 Å². The number of H-pyrrole nitrogens is 1. The summed E-state index contributed by atoms with van der Waals surface area (Å²) in [4.78, 5) is 25.8. The number of rotatable bonds is 4. The van der Waals surface area contributed by atoms with Gasteiger partial charge in [0.15, 0.2) is 0 Å². The molecule has 0 bridgehead atoms. The van der Waals surface area contributed by atoms with Gasteiger partial charge in [-0.1, -0.05) is 23.7 Å². The summed E-state index contributed by atoms with van der Waals surface area (Å²) in [7, 11) is 0. The van der Waals surface area contributed by atoms with Gasteiger partial charge < -0.3 is 20.9 Å². The lowest BCUT2D eigenvalue weighted by molar-refractivity contribution is 0.0941. The summed E-state index contributed by atoms with van der Waals surface area (Å²) >= 11 is 6.25. The molecule has 7 nitrogen and oxygen atoms in total. The molecule has 1 fully saturated rings. The first-order valence-corrected chi connectivity index (χ1v) is 8.89. The van der Waals surface area contributed by atoms with Crippen LogP contribution in [-0.2, 0) is 0 Å². The second kappa shape index (κ2) is 6.79. The Labute approximate surface area is 159 Å². The molecule has 4 rings (SSSR count). The highest BCUT2D eigenvalue weighted by atomic mass is 35.5. The minimum absolute atomic E-state index is 0.00701. The Morgan fingerprint density at radius 1 is 1.41 bits per heavy atom. The van der Waals surface area contributed by atoms with E-state index in [1.807, 2.05) is 4.90 Å². The van der Waals surface area contributed by atoms with Gasteiger partial charge in [-0.25, -0.2) is 14.4 Å². The number of nitrogens with zero attached hydrogens (tertiary/aromatic N) is 3. The number of anilines is 1. The first-order chi connectivity index (χ1) is 13.0. The number of carbonyl (C=O) groups is 1. The van der Waals surface area contributed by atoms with Crippen LogP contribution >= 0.6 is 11.6 Å². The molecule has 0 aliphatic carbocycles. The predicted octanol–water partition coefficient (Wildman–Crippen LogP) is 2.09. The van der Waals surface area contributed by atoms with Crippen molar-refractivity contribution in [3.8, 4) is 0 Å². The Morgan fingerprint density at radius 3 is 3.04 bits per heavy atom. The largest absolute Gasteiger partial charge is 0.354 e. The summed E-state index contributed by atoms with van der Waals surface area (Å²) in [5, 5.41) is 4.04. The number of hydrogen-bond acceptors (Lipinski definition) is 5. The van der Waals surface area contributed by atoms with E-state index in [9.17, 15) is 9.18 Å². The molecule has 1 aliphatic heterocycles. The van der Waals surface area contributed by atoms with Crippen LogP contribution in [0, 0.1) is 5.82 Å². The average molecular weight is 389 g/mol. The number of aromatic amines is 1. The van der Waals surface area contributed by atoms with Crippen molar-refractivity contribution in [2.45, 2.75) is 12.0 Å². The van der Waals surface area contributed by atoms with Crippen LogP contribution in [0.5, 0.6) is 0 Å². The van der Waals surface area contributed by atoms with Crippen LogP contribution in [-0.4, -0.2) is 46.0 Å². The van der Waals surface area contributed by atoms with E-state index < -0.39 is 17.3 Å². The van der Waals surface area contributed by atoms with Crippen LogP contribution in [0.25, 0.3) is 11.0 Å². The predicted molar refractivity (Wildman–Crippen MR) is 101 cm³/mol. The van der Waals surface area contributed by atoms with Crippen molar-refractivity contribution < 1.29 is 9.18 Å². The second-order valence-corrected chi connectivity index (χ2v) is 7.16. The molecule has 0 saturated carbocycles. The van der Waals surface area contributed by atoms with E-state index in [-0.39, 0.29) is 12.1 Å². The van der Waals surface area contributed by atoms with Gasteiger partial charge in [-0.3, -0.25) is 4.79 Å². The molecule has 1 amide bonds. The number of nitrogens with one attached hydrogen (secondary N) is 2. The van der Waals surface area contributed by atoms with E-state index in [2.05, 4.69) is 20.3 Å². The monoisotopic (exact) mass is 388 g/mol. The molecular formula is C18H18ClFN6O. The summed E-state index contributed by atoms with van der Waals surface area (Å²) in [6.07, 6.45) is 3.80. The summed E-state index contributed by atoms with van der Waals surface area (Å²) in [6, 6.07) is 5.86. The molecule has 9 heteroatoms. The van der Waals surface area contributed by atoms with E-state index in [1.54, 1.807) is 18.3 Å². The summed E-state index contributed by atoms with van der Waals surface area (Å²) in [5.74, 6) is -0.326. The quantitative estimate of drug-likeness (QED) is 0.635. The molecule has 1 saturated heterocycles. The van der Waals surface area contributed by atoms with Gasteiger partial charge in [0.1, 0.15) is 23.6 Å². The topological polar surface area (TPSA) is 99.9 Å². The molecule has 0 radical (unpaired) electrons. The molecule has 0 spiro atoms. The van der Waals surface area contributed by atoms with Gasteiger partial charge in [0.05, 0.1) is 21.5 Å². The molecule has 1 aromatic carbocycles. The smallest absolute Gasteiger partial charge is 0.254 e. The van der Waals surface area contributed by atoms with Crippen molar-refractivity contribution in [3.05, 3.63) is 53.2 Å². The lowest BCUT2D eigenvalue weighted by Gasteiger charge is -2.25. The molecule has 2 aromatic heterocycles. The molecule has 1 atom stereocenters. The number of hydrogen-bond donors (Lipinski definition) is 3. The number of carbonyl (C=O) groups excluding carboxylic acids is 1. The molecule has 3 heterocycles. The normalized spacial score (nSPS) is 19.6. The zero-order chi connectivity index (χ0) is 19.0. The molecule has 0 unspecified atom stereocenters. The number of halogens is 2. The van der Waals surface area contributed by atoms with E-state index in [0.29, 0.717) is 36.0 Å². The number of aromatic nitrogens is 3. The van der Waals surface area contributed by atoms with Gasteiger partial charge in [0.2, 0.25) is 0 Å². The van der Waals surface area contributed by atoms with Crippen LogP contribution in [0.2, 0.25) is 5.02 Å². The van der Waals surface area contributed by atoms with Crippen LogP contribution in [0.15, 0.2) is 36.8 Å². The van der Waals surface area contributed by atoms with Crippen LogP contribution in [0.3, 0.4) is 0 Å². The molecule has 3 aromatic rings. The zero-order valence-electron chi connectivity index (χ0n) is 14.4. The van der Waals surface area contributed by atoms with E-state index in [1.165, 1.54) is 18.5 Å². The Hall–Kier alpha value is -2.71. The summed E-state index contributed by atoms with van der Waals surface area (Å²) in [6.45, 7) is 1.38. The molecule has 140 valence electrons. The van der Waals surface area contributed by atoms with Crippen molar-refractivity contribution in [2.24, 2.45) is 5.73 Å². The third-order valence-corrected chi connectivity index (χ3v) is 5.10. The summed E-state index contributed by atoms with van der Waals surface area (Å²) in [5.41, 5.74) is 6.49. The van der Waals surface area contributed by atoms with Gasteiger partial charge >= 0.3 is 0 Å². The molecular weight excluding hydrogens is 371 g/mol. The minimum Gasteiger partial charge on any atom is -0.354 e. The minimum atomic E-state index is -0.652. The molecule has 4 N–H and O–H groups in total. The number of nitrogens with two attached hydrogens (primary N) is 1. The fourth-order valence-corrected chi connectivity index (χ4v) is 3.60. The Bertz CT molecular complexity index is 1010. The number of fused-ring (bicyclic) bond motifs is 1. The van der Waals surface area contributed by atoms with Gasteiger partial charge in [-0.15, -0.1) is 0 Å². The third kappa shape index (κ3) is 3.33. The second-order valence-electron chi connectivity index (χ2n) is 6.75. The number of amides is 1. The van der Waals surface area contributed by atoms with E-state index in [4.69, 9.17) is 17.3 Å². The van der Waals surface area contributed by atoms with Crippen molar-refractivity contribution in [2.75, 3.05) is 24.5 Å². The first kappa shape index (κ1) is 17.7. The van der Waals surface area contributed by atoms with Gasteiger partial charge in [-0.2, -0.15) is 0 Å². The van der Waals surface area contributed by atoms with Crippen LogP contribution in [0.1, 0.15) is 16.8 Å². The Kier molecular flexibility index (Phi) is 4.45. The maximum atomic E-state index is 13.7. The van der Waals surface area contributed by atoms with Crippen molar-refractivity contribution in [1.82, 2.24) is 20.3 Å². The van der Waals surface area contributed by atoms with Gasteiger partial charge in [0, 0.05) is 25.8 Å². The molecule has 27 heavy (non-hydrogen) atoms. The van der Waals surface area contributed by atoms with Gasteiger partial charge in [-0.05, 0) is 18.6 Å². The summed E-state index contributed by atoms with van der Waals surface area (Å²) < 4.78 is 13.7. The highest BCUT2D eigenvalue weighted by Gasteiger charge is 2.36. The third-order valence-electron chi connectivity index (χ3n) is 4.81. The lowest BCUT2D eigenvalue weighted by Crippen LogP contribution is -2.52. The zero-order valence-corrected chi connectivity index (χ0v) is 15.1. The maximum absolute atomic E-state index is 13.7. The fraction of sp³-hybridized carbons (Fsp3) is 0.278. The van der Waals surface area contributed by atoms with Crippen molar-refractivity contribution in [1.29, 1.82) is 0 Å². The Balaban J connectivity index is 1.47. The van der Waals surface area contributed by atoms with Crippen molar-refractivity contribution in [3.63, 3.8) is 0 Å². The highest BCUT2D eigenvalue weighted by Crippen LogP contribution is 2.33.